The Morgan fingerprint density at radius 2 is 1.62 bits per heavy atom. The van der Waals surface area contributed by atoms with Crippen LogP contribution < -0.4 is 19.5 Å². The van der Waals surface area contributed by atoms with E-state index in [1.807, 2.05) is 42.5 Å². The molecule has 0 saturated carbocycles. The molecule has 1 amide bonds. The molecule has 3 rings (SSSR count). The van der Waals surface area contributed by atoms with E-state index in [2.05, 4.69) is 5.32 Å². The number of methoxy groups -OCH3 is 2. The van der Waals surface area contributed by atoms with E-state index >= 15 is 0 Å². The molecule has 0 aliphatic heterocycles. The summed E-state index contributed by atoms with van der Waals surface area (Å²) in [7, 11) is 3.22. The second-order valence-electron chi connectivity index (χ2n) is 6.32. The van der Waals surface area contributed by atoms with Gasteiger partial charge >= 0.3 is 0 Å². The molecule has 0 aromatic heterocycles. The molecule has 0 bridgehead atoms. The SMILES string of the molecule is COc1ccc(CCC(=O)Nc2cc(Cl)ccc2Oc2cccc(OC)c2)cc1. The Hall–Kier alpha value is -3.18. The van der Waals surface area contributed by atoms with Crippen molar-refractivity contribution in [3.8, 4) is 23.0 Å². The fourth-order valence-electron chi connectivity index (χ4n) is 2.74. The summed E-state index contributed by atoms with van der Waals surface area (Å²) >= 11 is 6.11. The van der Waals surface area contributed by atoms with Gasteiger partial charge in [-0.1, -0.05) is 29.8 Å². The summed E-state index contributed by atoms with van der Waals surface area (Å²) in [6.45, 7) is 0. The number of rotatable bonds is 8. The number of anilines is 1. The molecule has 5 nitrogen and oxygen atoms in total. The Morgan fingerprint density at radius 1 is 0.897 bits per heavy atom. The highest BCUT2D eigenvalue weighted by molar-refractivity contribution is 6.31. The third-order valence-corrected chi connectivity index (χ3v) is 4.52. The van der Waals surface area contributed by atoms with Gasteiger partial charge in [0.2, 0.25) is 5.91 Å². The number of carbonyl (C=O) groups is 1. The van der Waals surface area contributed by atoms with Gasteiger partial charge in [0.15, 0.2) is 5.75 Å². The highest BCUT2D eigenvalue weighted by Crippen LogP contribution is 2.33. The number of nitrogens with one attached hydrogen (secondary N) is 1. The fourth-order valence-corrected chi connectivity index (χ4v) is 2.92. The van der Waals surface area contributed by atoms with E-state index < -0.39 is 0 Å². The van der Waals surface area contributed by atoms with Gasteiger partial charge in [0, 0.05) is 17.5 Å². The Bertz CT molecular complexity index is 973. The maximum Gasteiger partial charge on any atom is 0.224 e. The van der Waals surface area contributed by atoms with Gasteiger partial charge in [-0.2, -0.15) is 0 Å². The van der Waals surface area contributed by atoms with Crippen molar-refractivity contribution in [3.63, 3.8) is 0 Å². The molecular formula is C23H22ClNO4. The maximum atomic E-state index is 12.5. The quantitative estimate of drug-likeness (QED) is 0.515. The summed E-state index contributed by atoms with van der Waals surface area (Å²) in [5.41, 5.74) is 1.57. The molecule has 0 saturated heterocycles. The van der Waals surface area contributed by atoms with Crippen molar-refractivity contribution < 1.29 is 19.0 Å². The second-order valence-corrected chi connectivity index (χ2v) is 6.75. The molecule has 150 valence electrons. The van der Waals surface area contributed by atoms with Crippen LogP contribution in [0.5, 0.6) is 23.0 Å². The molecule has 29 heavy (non-hydrogen) atoms. The first kappa shape index (κ1) is 20.6. The molecular weight excluding hydrogens is 390 g/mol. The lowest BCUT2D eigenvalue weighted by atomic mass is 10.1. The molecule has 0 heterocycles. The molecule has 3 aromatic carbocycles. The summed E-state index contributed by atoms with van der Waals surface area (Å²) in [6.07, 6.45) is 0.944. The normalized spacial score (nSPS) is 10.3. The maximum absolute atomic E-state index is 12.5. The lowest BCUT2D eigenvalue weighted by molar-refractivity contribution is -0.116. The number of ether oxygens (including phenoxy) is 3. The Labute approximate surface area is 175 Å². The minimum atomic E-state index is -0.126. The molecule has 0 unspecified atom stereocenters. The lowest BCUT2D eigenvalue weighted by Crippen LogP contribution is -2.13. The van der Waals surface area contributed by atoms with Crippen LogP contribution in [0.3, 0.4) is 0 Å². The van der Waals surface area contributed by atoms with Crippen molar-refractivity contribution in [3.05, 3.63) is 77.3 Å². The van der Waals surface area contributed by atoms with E-state index in [1.165, 1.54) is 0 Å². The monoisotopic (exact) mass is 411 g/mol. The number of amides is 1. The van der Waals surface area contributed by atoms with Crippen LogP contribution in [0.25, 0.3) is 0 Å². The second kappa shape index (κ2) is 9.85. The van der Waals surface area contributed by atoms with Crippen LogP contribution in [0.2, 0.25) is 5.02 Å². The van der Waals surface area contributed by atoms with E-state index in [1.54, 1.807) is 38.5 Å². The van der Waals surface area contributed by atoms with Crippen molar-refractivity contribution in [1.82, 2.24) is 0 Å². The molecule has 0 aliphatic carbocycles. The van der Waals surface area contributed by atoms with Gasteiger partial charge in [-0.05, 0) is 54.4 Å². The van der Waals surface area contributed by atoms with E-state index in [9.17, 15) is 4.79 Å². The number of halogens is 1. The molecule has 0 spiro atoms. The predicted octanol–water partition coefficient (Wildman–Crippen LogP) is 5.72. The Kier molecular flexibility index (Phi) is 6.98. The van der Waals surface area contributed by atoms with Crippen LogP contribution in [0.15, 0.2) is 66.7 Å². The summed E-state index contributed by atoms with van der Waals surface area (Å²) in [6, 6.07) is 20.0. The average molecular weight is 412 g/mol. The summed E-state index contributed by atoms with van der Waals surface area (Å²) in [4.78, 5) is 12.5. The van der Waals surface area contributed by atoms with E-state index in [0.29, 0.717) is 40.8 Å². The van der Waals surface area contributed by atoms with E-state index in [4.69, 9.17) is 25.8 Å². The highest BCUT2D eigenvalue weighted by atomic mass is 35.5. The minimum Gasteiger partial charge on any atom is -0.497 e. The predicted molar refractivity (Wildman–Crippen MR) is 114 cm³/mol. The third kappa shape index (κ3) is 5.90. The number of benzene rings is 3. The Morgan fingerprint density at radius 3 is 2.34 bits per heavy atom. The van der Waals surface area contributed by atoms with Crippen molar-refractivity contribution in [2.75, 3.05) is 19.5 Å². The third-order valence-electron chi connectivity index (χ3n) is 4.28. The lowest BCUT2D eigenvalue weighted by Gasteiger charge is -2.13. The highest BCUT2D eigenvalue weighted by Gasteiger charge is 2.11. The van der Waals surface area contributed by atoms with Gasteiger partial charge in [-0.15, -0.1) is 0 Å². The van der Waals surface area contributed by atoms with Crippen molar-refractivity contribution >= 4 is 23.2 Å². The fraction of sp³-hybridized carbons (Fsp3) is 0.174. The van der Waals surface area contributed by atoms with E-state index in [0.717, 1.165) is 11.3 Å². The standard InChI is InChI=1S/C23H22ClNO4/c1-27-18-10-6-16(7-11-18)8-13-23(26)25-21-14-17(24)9-12-22(21)29-20-5-3-4-19(15-20)28-2/h3-7,9-12,14-15H,8,13H2,1-2H3,(H,25,26). The summed E-state index contributed by atoms with van der Waals surface area (Å²) in [5, 5.41) is 3.40. The van der Waals surface area contributed by atoms with Gasteiger partial charge in [0.1, 0.15) is 17.2 Å². The zero-order valence-corrected chi connectivity index (χ0v) is 17.0. The van der Waals surface area contributed by atoms with Gasteiger partial charge in [0.25, 0.3) is 0 Å². The molecule has 6 heteroatoms. The first-order valence-electron chi connectivity index (χ1n) is 9.11. The minimum absolute atomic E-state index is 0.126. The topological polar surface area (TPSA) is 56.8 Å². The van der Waals surface area contributed by atoms with Gasteiger partial charge in [0.05, 0.1) is 19.9 Å². The summed E-state index contributed by atoms with van der Waals surface area (Å²) < 4.78 is 16.3. The molecule has 0 aliphatic rings. The molecule has 0 radical (unpaired) electrons. The van der Waals surface area contributed by atoms with E-state index in [-0.39, 0.29) is 5.91 Å². The average Bonchev–Trinajstić information content (AvgIpc) is 2.74. The van der Waals surface area contributed by atoms with Crippen LogP contribution in [-0.2, 0) is 11.2 Å². The van der Waals surface area contributed by atoms with Crippen LogP contribution in [0.1, 0.15) is 12.0 Å². The number of hydrogen-bond donors (Lipinski definition) is 1. The van der Waals surface area contributed by atoms with Crippen molar-refractivity contribution in [1.29, 1.82) is 0 Å². The van der Waals surface area contributed by atoms with Crippen LogP contribution in [0.4, 0.5) is 5.69 Å². The van der Waals surface area contributed by atoms with Crippen LogP contribution in [0, 0.1) is 0 Å². The smallest absolute Gasteiger partial charge is 0.224 e. The number of hydrogen-bond acceptors (Lipinski definition) is 4. The summed E-state index contributed by atoms with van der Waals surface area (Å²) in [5.74, 6) is 2.44. The van der Waals surface area contributed by atoms with Crippen molar-refractivity contribution in [2.45, 2.75) is 12.8 Å². The first-order valence-corrected chi connectivity index (χ1v) is 9.49. The van der Waals surface area contributed by atoms with Crippen LogP contribution >= 0.6 is 11.6 Å². The zero-order chi connectivity index (χ0) is 20.6. The largest absolute Gasteiger partial charge is 0.497 e. The zero-order valence-electron chi connectivity index (χ0n) is 16.3. The van der Waals surface area contributed by atoms with Gasteiger partial charge in [-0.25, -0.2) is 0 Å². The van der Waals surface area contributed by atoms with Crippen LogP contribution in [-0.4, -0.2) is 20.1 Å². The molecule has 0 fully saturated rings. The molecule has 1 N–H and O–H groups in total. The van der Waals surface area contributed by atoms with Gasteiger partial charge < -0.3 is 19.5 Å². The number of aryl methyl sites for hydroxylation is 1. The van der Waals surface area contributed by atoms with Crippen molar-refractivity contribution in [2.24, 2.45) is 0 Å². The molecule has 3 aromatic rings. The Balaban J connectivity index is 1.67. The molecule has 0 atom stereocenters. The van der Waals surface area contributed by atoms with Gasteiger partial charge in [-0.3, -0.25) is 4.79 Å². The number of carbonyl (C=O) groups excluding carboxylic acids is 1. The first-order chi connectivity index (χ1) is 14.1.